The molecule has 0 aliphatic carbocycles. The Morgan fingerprint density at radius 1 is 0.955 bits per heavy atom. The number of nitrogens with two attached hydrogens (primary N) is 1. The highest BCUT2D eigenvalue weighted by Crippen LogP contribution is 2.29. The van der Waals surface area contributed by atoms with E-state index in [1.807, 2.05) is 48.5 Å². The lowest BCUT2D eigenvalue weighted by atomic mass is 10.1. The zero-order valence-electron chi connectivity index (χ0n) is 12.0. The van der Waals surface area contributed by atoms with Crippen molar-refractivity contribution >= 4 is 27.6 Å². The molecule has 0 bridgehead atoms. The van der Waals surface area contributed by atoms with Crippen LogP contribution in [-0.2, 0) is 0 Å². The summed E-state index contributed by atoms with van der Waals surface area (Å²) in [6.45, 7) is 0. The third-order valence-corrected chi connectivity index (χ3v) is 3.71. The van der Waals surface area contributed by atoms with Crippen LogP contribution in [0.5, 0.6) is 5.75 Å². The molecule has 3 aromatic carbocycles. The standard InChI is InChI=1S/C18H14N2O2/c1-21-15-6-4-11-8-13(3-2-12(11)9-15)18-20-16-10-14(19)5-7-17(16)22-18/h2-10H,19H2,1H3. The molecule has 0 fully saturated rings. The van der Waals surface area contributed by atoms with Gasteiger partial charge in [-0.1, -0.05) is 12.1 Å². The summed E-state index contributed by atoms with van der Waals surface area (Å²) in [4.78, 5) is 4.51. The van der Waals surface area contributed by atoms with Crippen LogP contribution in [0.15, 0.2) is 59.0 Å². The zero-order valence-corrected chi connectivity index (χ0v) is 12.0. The minimum absolute atomic E-state index is 0.596. The van der Waals surface area contributed by atoms with Gasteiger partial charge in [0, 0.05) is 11.3 Å². The number of nitrogen functional groups attached to an aromatic ring is 1. The molecule has 0 aliphatic rings. The van der Waals surface area contributed by atoms with E-state index < -0.39 is 0 Å². The summed E-state index contributed by atoms with van der Waals surface area (Å²) in [5.74, 6) is 1.44. The van der Waals surface area contributed by atoms with E-state index in [1.54, 1.807) is 7.11 Å². The highest BCUT2D eigenvalue weighted by Gasteiger charge is 2.09. The number of hydrogen-bond donors (Lipinski definition) is 1. The number of ether oxygens (including phenoxy) is 1. The van der Waals surface area contributed by atoms with Gasteiger partial charge < -0.3 is 14.9 Å². The quantitative estimate of drug-likeness (QED) is 0.561. The van der Waals surface area contributed by atoms with Gasteiger partial charge in [0.15, 0.2) is 5.58 Å². The van der Waals surface area contributed by atoms with Crippen molar-refractivity contribution in [2.24, 2.45) is 0 Å². The molecule has 22 heavy (non-hydrogen) atoms. The first kappa shape index (κ1) is 12.7. The molecular weight excluding hydrogens is 276 g/mol. The minimum atomic E-state index is 0.596. The lowest BCUT2D eigenvalue weighted by Crippen LogP contribution is -1.83. The summed E-state index contributed by atoms with van der Waals surface area (Å²) in [6.07, 6.45) is 0. The van der Waals surface area contributed by atoms with E-state index in [1.165, 1.54) is 0 Å². The van der Waals surface area contributed by atoms with Gasteiger partial charge in [0.2, 0.25) is 5.89 Å². The number of oxazole rings is 1. The maximum Gasteiger partial charge on any atom is 0.227 e. The van der Waals surface area contributed by atoms with Crippen molar-refractivity contribution in [1.29, 1.82) is 0 Å². The van der Waals surface area contributed by atoms with E-state index in [4.69, 9.17) is 14.9 Å². The second-order valence-electron chi connectivity index (χ2n) is 5.17. The van der Waals surface area contributed by atoms with Gasteiger partial charge in [-0.2, -0.15) is 0 Å². The Morgan fingerprint density at radius 3 is 2.64 bits per heavy atom. The smallest absolute Gasteiger partial charge is 0.227 e. The van der Waals surface area contributed by atoms with Gasteiger partial charge in [-0.05, 0) is 53.2 Å². The average molecular weight is 290 g/mol. The second kappa shape index (κ2) is 4.77. The lowest BCUT2D eigenvalue weighted by molar-refractivity contribution is 0.415. The molecule has 0 spiro atoms. The number of methoxy groups -OCH3 is 1. The number of fused-ring (bicyclic) bond motifs is 2. The molecule has 4 heteroatoms. The van der Waals surface area contributed by atoms with Gasteiger partial charge in [-0.3, -0.25) is 0 Å². The summed E-state index contributed by atoms with van der Waals surface area (Å²) < 4.78 is 11.1. The Labute approximate surface area is 127 Å². The summed E-state index contributed by atoms with van der Waals surface area (Å²) in [5.41, 5.74) is 8.90. The molecule has 4 nitrogen and oxygen atoms in total. The van der Waals surface area contributed by atoms with Gasteiger partial charge >= 0.3 is 0 Å². The number of aromatic nitrogens is 1. The van der Waals surface area contributed by atoms with Crippen LogP contribution in [0, 0.1) is 0 Å². The molecule has 0 atom stereocenters. The SMILES string of the molecule is COc1ccc2cc(-c3nc4cc(N)ccc4o3)ccc2c1. The normalized spacial score (nSPS) is 11.1. The van der Waals surface area contributed by atoms with Crippen molar-refractivity contribution in [3.8, 4) is 17.2 Å². The predicted octanol–water partition coefficient (Wildman–Crippen LogP) is 4.24. The molecule has 108 valence electrons. The largest absolute Gasteiger partial charge is 0.497 e. The number of hydrogen-bond acceptors (Lipinski definition) is 4. The molecular formula is C18H14N2O2. The molecule has 0 saturated heterocycles. The summed E-state index contributed by atoms with van der Waals surface area (Å²) >= 11 is 0. The fourth-order valence-electron chi connectivity index (χ4n) is 2.55. The van der Waals surface area contributed by atoms with Crippen LogP contribution in [-0.4, -0.2) is 12.1 Å². The number of anilines is 1. The van der Waals surface area contributed by atoms with Crippen LogP contribution in [0.25, 0.3) is 33.3 Å². The molecule has 0 saturated carbocycles. The minimum Gasteiger partial charge on any atom is -0.497 e. The maximum atomic E-state index is 5.81. The van der Waals surface area contributed by atoms with Gasteiger partial charge in [0.05, 0.1) is 7.11 Å². The summed E-state index contributed by atoms with van der Waals surface area (Å²) in [7, 11) is 1.67. The van der Waals surface area contributed by atoms with Crippen molar-refractivity contribution in [1.82, 2.24) is 4.98 Å². The highest BCUT2D eigenvalue weighted by molar-refractivity contribution is 5.88. The van der Waals surface area contributed by atoms with Crippen LogP contribution < -0.4 is 10.5 Å². The molecule has 0 radical (unpaired) electrons. The van der Waals surface area contributed by atoms with Gasteiger partial charge in [-0.15, -0.1) is 0 Å². The number of rotatable bonds is 2. The van der Waals surface area contributed by atoms with Crippen molar-refractivity contribution < 1.29 is 9.15 Å². The van der Waals surface area contributed by atoms with Gasteiger partial charge in [0.25, 0.3) is 0 Å². The van der Waals surface area contributed by atoms with Crippen LogP contribution >= 0.6 is 0 Å². The average Bonchev–Trinajstić information content (AvgIpc) is 2.96. The third-order valence-electron chi connectivity index (χ3n) is 3.71. The number of nitrogens with zero attached hydrogens (tertiary/aromatic N) is 1. The monoisotopic (exact) mass is 290 g/mol. The molecule has 1 heterocycles. The van der Waals surface area contributed by atoms with E-state index in [2.05, 4.69) is 11.1 Å². The first-order chi connectivity index (χ1) is 10.7. The van der Waals surface area contributed by atoms with Crippen molar-refractivity contribution in [2.75, 3.05) is 12.8 Å². The highest BCUT2D eigenvalue weighted by atomic mass is 16.5. The molecule has 0 unspecified atom stereocenters. The van der Waals surface area contributed by atoms with E-state index >= 15 is 0 Å². The van der Waals surface area contributed by atoms with E-state index in [9.17, 15) is 0 Å². The Bertz CT molecular complexity index is 989. The number of benzene rings is 3. The lowest BCUT2D eigenvalue weighted by Gasteiger charge is -2.03. The fourth-order valence-corrected chi connectivity index (χ4v) is 2.55. The maximum absolute atomic E-state index is 5.81. The zero-order chi connectivity index (χ0) is 15.1. The predicted molar refractivity (Wildman–Crippen MR) is 87.9 cm³/mol. The Hall–Kier alpha value is -3.01. The summed E-state index contributed by atoms with van der Waals surface area (Å²) in [5, 5.41) is 2.23. The van der Waals surface area contributed by atoms with Gasteiger partial charge in [-0.25, -0.2) is 4.98 Å². The molecule has 0 amide bonds. The third kappa shape index (κ3) is 2.05. The Morgan fingerprint density at radius 2 is 1.77 bits per heavy atom. The van der Waals surface area contributed by atoms with Crippen LogP contribution in [0.1, 0.15) is 0 Å². The van der Waals surface area contributed by atoms with Crippen molar-refractivity contribution in [3.05, 3.63) is 54.6 Å². The first-order valence-corrected chi connectivity index (χ1v) is 6.97. The van der Waals surface area contributed by atoms with E-state index in [0.29, 0.717) is 11.6 Å². The molecule has 0 aliphatic heterocycles. The topological polar surface area (TPSA) is 61.3 Å². The van der Waals surface area contributed by atoms with E-state index in [-0.39, 0.29) is 0 Å². The fraction of sp³-hybridized carbons (Fsp3) is 0.0556. The van der Waals surface area contributed by atoms with Crippen LogP contribution in [0.4, 0.5) is 5.69 Å². The summed E-state index contributed by atoms with van der Waals surface area (Å²) in [6, 6.07) is 17.5. The Balaban J connectivity index is 1.84. The molecule has 4 rings (SSSR count). The van der Waals surface area contributed by atoms with Crippen molar-refractivity contribution in [2.45, 2.75) is 0 Å². The molecule has 4 aromatic rings. The van der Waals surface area contributed by atoms with Gasteiger partial charge in [0.1, 0.15) is 11.3 Å². The van der Waals surface area contributed by atoms with Crippen LogP contribution in [0.2, 0.25) is 0 Å². The van der Waals surface area contributed by atoms with E-state index in [0.717, 1.165) is 33.2 Å². The second-order valence-corrected chi connectivity index (χ2v) is 5.17. The first-order valence-electron chi connectivity index (χ1n) is 6.97. The molecule has 1 aromatic heterocycles. The molecule has 2 N–H and O–H groups in total. The van der Waals surface area contributed by atoms with Crippen LogP contribution in [0.3, 0.4) is 0 Å². The van der Waals surface area contributed by atoms with Crippen molar-refractivity contribution in [3.63, 3.8) is 0 Å². The Kier molecular flexibility index (Phi) is 2.76.